The lowest BCUT2D eigenvalue weighted by Crippen LogP contribution is -3.16. The molecule has 25 heavy (non-hydrogen) atoms. The van der Waals surface area contributed by atoms with E-state index in [4.69, 9.17) is 0 Å². The second kappa shape index (κ2) is 6.84. The van der Waals surface area contributed by atoms with Crippen LogP contribution in [0.3, 0.4) is 0 Å². The molecule has 7 nitrogen and oxygen atoms in total. The molecule has 0 aromatic heterocycles. The van der Waals surface area contributed by atoms with Crippen molar-refractivity contribution in [2.75, 3.05) is 49.1 Å². The van der Waals surface area contributed by atoms with Crippen molar-refractivity contribution in [3.05, 3.63) is 24.3 Å². The number of aromatic hydroxyl groups is 1. The van der Waals surface area contributed by atoms with Gasteiger partial charge in [0.05, 0.1) is 48.9 Å². The zero-order chi connectivity index (χ0) is 18.1. The highest BCUT2D eigenvalue weighted by Gasteiger charge is 2.40. The van der Waals surface area contributed by atoms with Crippen LogP contribution in [0.2, 0.25) is 0 Å². The van der Waals surface area contributed by atoms with E-state index < -0.39 is 15.4 Å². The van der Waals surface area contributed by atoms with Crippen LogP contribution in [-0.2, 0) is 14.6 Å². The average molecular weight is 368 g/mol. The molecule has 1 aromatic rings. The van der Waals surface area contributed by atoms with Gasteiger partial charge in [-0.15, -0.1) is 0 Å². The maximum absolute atomic E-state index is 12.3. The molecule has 2 aliphatic heterocycles. The van der Waals surface area contributed by atoms with E-state index in [1.807, 2.05) is 12.1 Å². The van der Waals surface area contributed by atoms with Gasteiger partial charge in [0.25, 0.3) is 5.91 Å². The summed E-state index contributed by atoms with van der Waals surface area (Å²) in [7, 11) is -3.03. The maximum Gasteiger partial charge on any atom is 0.275 e. The number of para-hydroxylation sites is 2. The van der Waals surface area contributed by atoms with Gasteiger partial charge in [0.15, 0.2) is 16.4 Å². The van der Waals surface area contributed by atoms with Gasteiger partial charge in [0.1, 0.15) is 5.75 Å². The van der Waals surface area contributed by atoms with Crippen molar-refractivity contribution in [1.29, 1.82) is 0 Å². The Morgan fingerprint density at radius 2 is 2.00 bits per heavy atom. The third-order valence-electron chi connectivity index (χ3n) is 5.05. The Labute approximate surface area is 148 Å². The number of phenols is 1. The topological polar surface area (TPSA) is 91.2 Å². The fourth-order valence-corrected chi connectivity index (χ4v) is 5.78. The van der Waals surface area contributed by atoms with E-state index in [1.54, 1.807) is 19.1 Å². The number of hydrogen-bond acceptors (Lipinski definition) is 5. The van der Waals surface area contributed by atoms with Crippen LogP contribution in [0.5, 0.6) is 5.75 Å². The zero-order valence-electron chi connectivity index (χ0n) is 14.5. The first-order valence-corrected chi connectivity index (χ1v) is 10.5. The maximum atomic E-state index is 12.3. The number of piperazine rings is 1. The summed E-state index contributed by atoms with van der Waals surface area (Å²) in [5, 5.41) is 12.9. The number of rotatable bonds is 4. The van der Waals surface area contributed by atoms with Crippen molar-refractivity contribution in [3.63, 3.8) is 0 Å². The predicted molar refractivity (Wildman–Crippen MR) is 95.7 cm³/mol. The predicted octanol–water partition coefficient (Wildman–Crippen LogP) is -1.21. The van der Waals surface area contributed by atoms with Gasteiger partial charge in [0, 0.05) is 0 Å². The van der Waals surface area contributed by atoms with Crippen LogP contribution in [0.15, 0.2) is 24.3 Å². The van der Waals surface area contributed by atoms with Crippen LogP contribution in [-0.4, -0.2) is 69.2 Å². The molecule has 1 aromatic carbocycles. The molecule has 138 valence electrons. The van der Waals surface area contributed by atoms with Gasteiger partial charge in [0.2, 0.25) is 0 Å². The summed E-state index contributed by atoms with van der Waals surface area (Å²) < 4.78 is 23.3. The monoisotopic (exact) mass is 368 g/mol. The Hall–Kier alpha value is -1.80. The molecule has 0 radical (unpaired) electrons. The first-order valence-electron chi connectivity index (χ1n) is 8.64. The Bertz CT molecular complexity index is 744. The first-order chi connectivity index (χ1) is 11.8. The van der Waals surface area contributed by atoms with Gasteiger partial charge in [-0.25, -0.2) is 8.42 Å². The van der Waals surface area contributed by atoms with E-state index >= 15 is 0 Å². The molecule has 1 atom stereocenters. The fraction of sp³-hybridized carbons (Fsp3) is 0.588. The van der Waals surface area contributed by atoms with Crippen LogP contribution in [0.25, 0.3) is 0 Å². The fourth-order valence-electron chi connectivity index (χ4n) is 3.69. The molecule has 1 amide bonds. The van der Waals surface area contributed by atoms with Crippen molar-refractivity contribution in [2.24, 2.45) is 0 Å². The quantitative estimate of drug-likeness (QED) is 0.620. The molecule has 0 unspecified atom stereocenters. The van der Waals surface area contributed by atoms with E-state index in [-0.39, 0.29) is 23.2 Å². The minimum absolute atomic E-state index is 0.0299. The van der Waals surface area contributed by atoms with Crippen LogP contribution < -0.4 is 15.1 Å². The lowest BCUT2D eigenvalue weighted by atomic mass is 10.0. The number of nitrogens with zero attached hydrogens (tertiary/aromatic N) is 1. The average Bonchev–Trinajstić information content (AvgIpc) is 2.81. The molecule has 3 rings (SSSR count). The molecule has 0 aliphatic carbocycles. The number of phenolic OH excluding ortho intramolecular Hbond substituents is 1. The van der Waals surface area contributed by atoms with Crippen LogP contribution >= 0.6 is 0 Å². The van der Waals surface area contributed by atoms with E-state index in [0.717, 1.165) is 31.9 Å². The van der Waals surface area contributed by atoms with Crippen molar-refractivity contribution in [3.8, 4) is 5.75 Å². The van der Waals surface area contributed by atoms with Crippen LogP contribution in [0.1, 0.15) is 13.3 Å². The molecule has 0 spiro atoms. The molecular weight excluding hydrogens is 342 g/mol. The Balaban J connectivity index is 1.49. The second-order valence-electron chi connectivity index (χ2n) is 7.35. The summed E-state index contributed by atoms with van der Waals surface area (Å²) in [6.07, 6.45) is 0.484. The van der Waals surface area contributed by atoms with Gasteiger partial charge in [-0.2, -0.15) is 0 Å². The van der Waals surface area contributed by atoms with E-state index in [1.165, 1.54) is 4.90 Å². The number of sulfone groups is 1. The Morgan fingerprint density at radius 3 is 2.60 bits per heavy atom. The summed E-state index contributed by atoms with van der Waals surface area (Å²) in [5.74, 6) is 0.363. The number of hydrogen-bond donors (Lipinski definition) is 3. The van der Waals surface area contributed by atoms with Gasteiger partial charge in [-0.3, -0.25) is 4.79 Å². The minimum Gasteiger partial charge on any atom is -0.506 e. The largest absolute Gasteiger partial charge is 0.506 e. The molecule has 2 aliphatic rings. The standard InChI is InChI=1S/C17H25N3O4S/c1-17(6-11-25(23,24)13-17)18-16(22)12-19-7-9-20(10-8-19)14-4-2-3-5-15(14)21/h2-5,21H,6-13H2,1H3,(H,18,22)/p+1/t17-/m0/s1. The van der Waals surface area contributed by atoms with Gasteiger partial charge in [-0.05, 0) is 25.5 Å². The smallest absolute Gasteiger partial charge is 0.275 e. The van der Waals surface area contributed by atoms with Gasteiger partial charge in [-0.1, -0.05) is 12.1 Å². The number of carbonyl (C=O) groups is 1. The summed E-state index contributed by atoms with van der Waals surface area (Å²) in [5.41, 5.74) is 0.196. The Kier molecular flexibility index (Phi) is 4.92. The number of nitrogens with one attached hydrogen (secondary N) is 2. The third kappa shape index (κ3) is 4.43. The zero-order valence-corrected chi connectivity index (χ0v) is 15.3. The lowest BCUT2D eigenvalue weighted by molar-refractivity contribution is -0.892. The highest BCUT2D eigenvalue weighted by Crippen LogP contribution is 2.26. The molecule has 0 bridgehead atoms. The normalized spacial score (nSPS) is 26.5. The number of amides is 1. The first kappa shape index (κ1) is 18.0. The highest BCUT2D eigenvalue weighted by atomic mass is 32.2. The summed E-state index contributed by atoms with van der Waals surface area (Å²) in [6, 6.07) is 7.28. The van der Waals surface area contributed by atoms with E-state index in [2.05, 4.69) is 10.2 Å². The molecule has 3 N–H and O–H groups in total. The molecule has 2 saturated heterocycles. The SMILES string of the molecule is C[C@]1(NC(=O)C[NH+]2CCN(c3ccccc3O)CC2)CCS(=O)(=O)C1. The van der Waals surface area contributed by atoms with Crippen LogP contribution in [0, 0.1) is 0 Å². The number of benzene rings is 1. The van der Waals surface area contributed by atoms with E-state index in [9.17, 15) is 18.3 Å². The Morgan fingerprint density at radius 1 is 1.32 bits per heavy atom. The van der Waals surface area contributed by atoms with Crippen molar-refractivity contribution in [2.45, 2.75) is 18.9 Å². The molecule has 0 saturated carbocycles. The highest BCUT2D eigenvalue weighted by molar-refractivity contribution is 7.91. The lowest BCUT2D eigenvalue weighted by Gasteiger charge is -2.34. The molecule has 2 fully saturated rings. The molecule has 8 heteroatoms. The van der Waals surface area contributed by atoms with Gasteiger partial charge < -0.3 is 20.2 Å². The summed E-state index contributed by atoms with van der Waals surface area (Å²) in [4.78, 5) is 15.6. The second-order valence-corrected chi connectivity index (χ2v) is 9.54. The van der Waals surface area contributed by atoms with Crippen LogP contribution in [0.4, 0.5) is 5.69 Å². The number of quaternary nitrogens is 1. The van der Waals surface area contributed by atoms with Crippen molar-refractivity contribution in [1.82, 2.24) is 5.32 Å². The van der Waals surface area contributed by atoms with Gasteiger partial charge >= 0.3 is 0 Å². The summed E-state index contributed by atoms with van der Waals surface area (Å²) in [6.45, 7) is 5.30. The number of anilines is 1. The van der Waals surface area contributed by atoms with E-state index in [0.29, 0.717) is 13.0 Å². The molecule has 2 heterocycles. The minimum atomic E-state index is -3.03. The third-order valence-corrected chi connectivity index (χ3v) is 6.95. The number of carbonyl (C=O) groups excluding carboxylic acids is 1. The summed E-state index contributed by atoms with van der Waals surface area (Å²) >= 11 is 0. The van der Waals surface area contributed by atoms with Crippen molar-refractivity contribution >= 4 is 21.4 Å². The van der Waals surface area contributed by atoms with Crippen molar-refractivity contribution < 1.29 is 23.2 Å². The molecular formula is C17H26N3O4S+.